The fraction of sp³-hybridized carbons (Fsp3) is 0.500. The standard InChI is InChI=1S/C18H20ClFN2O2S/c19-17-15(11-23)14-3-8-24-18(16(14)25-17)4-6-22(7-5-18)10-13-2-1-12(20)9-21-13/h1-2,9,23H,3-8,10-11H2. The van der Waals surface area contributed by atoms with Crippen molar-refractivity contribution in [2.75, 3.05) is 19.7 Å². The molecule has 2 aliphatic rings. The number of aliphatic hydroxyl groups excluding tert-OH is 1. The highest BCUT2D eigenvalue weighted by atomic mass is 35.5. The minimum Gasteiger partial charge on any atom is -0.392 e. The Kier molecular flexibility index (Phi) is 4.81. The minimum atomic E-state index is -0.307. The van der Waals surface area contributed by atoms with Gasteiger partial charge in [0.15, 0.2) is 0 Å². The Bertz CT molecular complexity index is 757. The van der Waals surface area contributed by atoms with E-state index in [-0.39, 0.29) is 18.0 Å². The smallest absolute Gasteiger partial charge is 0.141 e. The Hall–Kier alpha value is -1.05. The Balaban J connectivity index is 1.49. The number of hydrogen-bond donors (Lipinski definition) is 1. The SMILES string of the molecule is OCc1c(Cl)sc2c1CCOC21CCN(Cc2ccc(F)cn2)CC1. The van der Waals surface area contributed by atoms with E-state index in [2.05, 4.69) is 9.88 Å². The Labute approximate surface area is 155 Å². The van der Waals surface area contributed by atoms with Gasteiger partial charge in [-0.05, 0) is 37.0 Å². The molecule has 0 saturated carbocycles. The van der Waals surface area contributed by atoms with Crippen molar-refractivity contribution in [2.24, 2.45) is 0 Å². The highest BCUT2D eigenvalue weighted by Crippen LogP contribution is 2.48. The topological polar surface area (TPSA) is 45.6 Å². The summed E-state index contributed by atoms with van der Waals surface area (Å²) in [7, 11) is 0. The number of aromatic nitrogens is 1. The largest absolute Gasteiger partial charge is 0.392 e. The number of aliphatic hydroxyl groups is 1. The first-order valence-electron chi connectivity index (χ1n) is 8.49. The van der Waals surface area contributed by atoms with Crippen molar-refractivity contribution in [1.82, 2.24) is 9.88 Å². The molecular weight excluding hydrogens is 363 g/mol. The minimum absolute atomic E-state index is 0.0108. The monoisotopic (exact) mass is 382 g/mol. The van der Waals surface area contributed by atoms with Gasteiger partial charge in [0.05, 0.1) is 29.4 Å². The normalized spacial score (nSPS) is 20.0. The molecule has 0 bridgehead atoms. The van der Waals surface area contributed by atoms with Crippen LogP contribution in [-0.2, 0) is 29.9 Å². The molecular formula is C18H20ClFN2O2S. The molecule has 0 unspecified atom stereocenters. The molecule has 134 valence electrons. The number of rotatable bonds is 3. The number of likely N-dealkylation sites (tertiary alicyclic amines) is 1. The van der Waals surface area contributed by atoms with Gasteiger partial charge in [-0.25, -0.2) is 4.39 Å². The fourth-order valence-electron chi connectivity index (χ4n) is 3.85. The summed E-state index contributed by atoms with van der Waals surface area (Å²) < 4.78 is 19.9. The molecule has 4 nitrogen and oxygen atoms in total. The van der Waals surface area contributed by atoms with Crippen molar-refractivity contribution in [3.63, 3.8) is 0 Å². The molecule has 1 spiro atoms. The van der Waals surface area contributed by atoms with E-state index in [0.717, 1.165) is 50.2 Å². The zero-order valence-electron chi connectivity index (χ0n) is 13.8. The quantitative estimate of drug-likeness (QED) is 0.882. The van der Waals surface area contributed by atoms with Crippen LogP contribution in [0, 0.1) is 5.82 Å². The highest BCUT2D eigenvalue weighted by Gasteiger charge is 2.43. The van der Waals surface area contributed by atoms with E-state index >= 15 is 0 Å². The van der Waals surface area contributed by atoms with Crippen LogP contribution in [0.5, 0.6) is 0 Å². The molecule has 25 heavy (non-hydrogen) atoms. The van der Waals surface area contributed by atoms with Crippen molar-refractivity contribution in [3.8, 4) is 0 Å². The third-order valence-electron chi connectivity index (χ3n) is 5.21. The molecule has 0 atom stereocenters. The molecule has 0 aliphatic carbocycles. The lowest BCUT2D eigenvalue weighted by atomic mass is 9.84. The Morgan fingerprint density at radius 2 is 2.16 bits per heavy atom. The number of nitrogens with zero attached hydrogens (tertiary/aromatic N) is 2. The van der Waals surface area contributed by atoms with E-state index in [1.807, 2.05) is 0 Å². The van der Waals surface area contributed by atoms with Crippen molar-refractivity contribution in [1.29, 1.82) is 0 Å². The predicted octanol–water partition coefficient (Wildman–Crippen LogP) is 3.49. The van der Waals surface area contributed by atoms with Gasteiger partial charge in [-0.1, -0.05) is 11.6 Å². The summed E-state index contributed by atoms with van der Waals surface area (Å²) in [6.07, 6.45) is 3.87. The van der Waals surface area contributed by atoms with Crippen LogP contribution in [0.2, 0.25) is 4.34 Å². The molecule has 2 aromatic rings. The maximum absolute atomic E-state index is 13.0. The molecule has 1 N–H and O–H groups in total. The molecule has 2 aliphatic heterocycles. The lowest BCUT2D eigenvalue weighted by Gasteiger charge is -2.43. The summed E-state index contributed by atoms with van der Waals surface area (Å²) in [5.74, 6) is -0.307. The average Bonchev–Trinajstić information content (AvgIpc) is 2.96. The Morgan fingerprint density at radius 1 is 1.36 bits per heavy atom. The summed E-state index contributed by atoms with van der Waals surface area (Å²) in [6, 6.07) is 3.19. The van der Waals surface area contributed by atoms with Crippen molar-refractivity contribution in [2.45, 2.75) is 38.0 Å². The van der Waals surface area contributed by atoms with Crippen LogP contribution in [0.3, 0.4) is 0 Å². The molecule has 2 aromatic heterocycles. The molecule has 4 heterocycles. The predicted molar refractivity (Wildman–Crippen MR) is 95.3 cm³/mol. The van der Waals surface area contributed by atoms with E-state index in [1.54, 1.807) is 17.4 Å². The summed E-state index contributed by atoms with van der Waals surface area (Å²) in [5.41, 5.74) is 2.67. The number of pyridine rings is 1. The van der Waals surface area contributed by atoms with Gasteiger partial charge in [-0.2, -0.15) is 0 Å². The van der Waals surface area contributed by atoms with Crippen molar-refractivity contribution >= 4 is 22.9 Å². The van der Waals surface area contributed by atoms with Gasteiger partial charge in [-0.3, -0.25) is 9.88 Å². The van der Waals surface area contributed by atoms with E-state index in [4.69, 9.17) is 16.3 Å². The first-order valence-corrected chi connectivity index (χ1v) is 9.69. The first-order chi connectivity index (χ1) is 12.1. The van der Waals surface area contributed by atoms with Crippen LogP contribution in [-0.4, -0.2) is 34.7 Å². The summed E-state index contributed by atoms with van der Waals surface area (Å²) in [5, 5.41) is 9.62. The van der Waals surface area contributed by atoms with Gasteiger partial charge in [0.25, 0.3) is 0 Å². The Morgan fingerprint density at radius 3 is 2.84 bits per heavy atom. The molecule has 7 heteroatoms. The molecule has 0 amide bonds. The summed E-state index contributed by atoms with van der Waals surface area (Å²) in [6.45, 7) is 3.16. The number of fused-ring (bicyclic) bond motifs is 2. The van der Waals surface area contributed by atoms with E-state index in [1.165, 1.54) is 22.7 Å². The lowest BCUT2D eigenvalue weighted by Crippen LogP contribution is -2.45. The van der Waals surface area contributed by atoms with Crippen LogP contribution >= 0.6 is 22.9 Å². The number of ether oxygens (including phenoxy) is 1. The average molecular weight is 383 g/mol. The zero-order chi connectivity index (χ0) is 17.4. The third-order valence-corrected chi connectivity index (χ3v) is 6.92. The van der Waals surface area contributed by atoms with Gasteiger partial charge >= 0.3 is 0 Å². The summed E-state index contributed by atoms with van der Waals surface area (Å²) in [4.78, 5) is 7.67. The molecule has 4 rings (SSSR count). The summed E-state index contributed by atoms with van der Waals surface area (Å²) >= 11 is 7.90. The highest BCUT2D eigenvalue weighted by molar-refractivity contribution is 7.16. The number of piperidine rings is 1. The second kappa shape index (κ2) is 6.93. The maximum Gasteiger partial charge on any atom is 0.141 e. The molecule has 0 radical (unpaired) electrons. The first kappa shape index (κ1) is 17.4. The molecule has 0 aromatic carbocycles. The third kappa shape index (κ3) is 3.22. The van der Waals surface area contributed by atoms with E-state index in [0.29, 0.717) is 10.9 Å². The van der Waals surface area contributed by atoms with Gasteiger partial charge in [-0.15, -0.1) is 11.3 Å². The number of thiophene rings is 1. The molecule has 1 saturated heterocycles. The lowest BCUT2D eigenvalue weighted by molar-refractivity contribution is -0.0963. The fourth-order valence-corrected chi connectivity index (χ4v) is 5.54. The van der Waals surface area contributed by atoms with Gasteiger partial charge in [0.1, 0.15) is 11.4 Å². The van der Waals surface area contributed by atoms with E-state index in [9.17, 15) is 9.50 Å². The van der Waals surface area contributed by atoms with Crippen LogP contribution in [0.4, 0.5) is 4.39 Å². The molecule has 1 fully saturated rings. The van der Waals surface area contributed by atoms with Crippen LogP contribution in [0.15, 0.2) is 18.3 Å². The van der Waals surface area contributed by atoms with Gasteiger partial charge in [0, 0.05) is 30.1 Å². The zero-order valence-corrected chi connectivity index (χ0v) is 15.4. The second-order valence-electron chi connectivity index (χ2n) is 6.66. The van der Waals surface area contributed by atoms with Gasteiger partial charge in [0.2, 0.25) is 0 Å². The van der Waals surface area contributed by atoms with E-state index < -0.39 is 0 Å². The van der Waals surface area contributed by atoms with Crippen LogP contribution < -0.4 is 0 Å². The van der Waals surface area contributed by atoms with Crippen LogP contribution in [0.25, 0.3) is 0 Å². The maximum atomic E-state index is 13.0. The number of hydrogen-bond acceptors (Lipinski definition) is 5. The van der Waals surface area contributed by atoms with Crippen LogP contribution in [0.1, 0.15) is 34.5 Å². The van der Waals surface area contributed by atoms with Crippen molar-refractivity contribution in [3.05, 3.63) is 50.2 Å². The van der Waals surface area contributed by atoms with Gasteiger partial charge < -0.3 is 9.84 Å². The second-order valence-corrected chi connectivity index (χ2v) is 8.28. The number of halogens is 2. The van der Waals surface area contributed by atoms with Crippen molar-refractivity contribution < 1.29 is 14.2 Å².